The summed E-state index contributed by atoms with van der Waals surface area (Å²) >= 11 is 1.45. The van der Waals surface area contributed by atoms with Crippen LogP contribution in [-0.2, 0) is 4.74 Å². The lowest BCUT2D eigenvalue weighted by atomic mass is 10.3. The molecule has 0 aliphatic carbocycles. The molecule has 0 unspecified atom stereocenters. The molecule has 0 bridgehead atoms. The fourth-order valence-corrected chi connectivity index (χ4v) is 1.33. The second-order valence-corrected chi connectivity index (χ2v) is 2.85. The van der Waals surface area contributed by atoms with Crippen molar-refractivity contribution < 1.29 is 14.6 Å². The van der Waals surface area contributed by atoms with Crippen LogP contribution in [0.3, 0.4) is 0 Å². The molecule has 1 heterocycles. The Kier molecular flexibility index (Phi) is 2.48. The molecule has 0 amide bonds. The molecular formula is C7H7O3S. The third kappa shape index (κ3) is 2.23. The van der Waals surface area contributed by atoms with Gasteiger partial charge in [0.2, 0.25) is 0 Å². The molecule has 0 aliphatic heterocycles. The Labute approximate surface area is 68.2 Å². The highest BCUT2D eigenvalue weighted by Gasteiger charge is 2.11. The average Bonchev–Trinajstić information content (AvgIpc) is 2.35. The number of rotatable bonds is 2. The van der Waals surface area contributed by atoms with Crippen LogP contribution in [0.5, 0.6) is 0 Å². The van der Waals surface area contributed by atoms with Gasteiger partial charge in [0.1, 0.15) is 0 Å². The Morgan fingerprint density at radius 1 is 1.73 bits per heavy atom. The van der Waals surface area contributed by atoms with Crippen molar-refractivity contribution in [3.8, 4) is 0 Å². The summed E-state index contributed by atoms with van der Waals surface area (Å²) in [6, 6.07) is 3.65. The van der Waals surface area contributed by atoms with Gasteiger partial charge in [-0.2, -0.15) is 0 Å². The minimum Gasteiger partial charge on any atom is -0.450 e. The van der Waals surface area contributed by atoms with E-state index < -0.39 is 6.16 Å². The number of carboxylic acid groups (broad SMARTS) is 1. The summed E-state index contributed by atoms with van der Waals surface area (Å²) in [6.07, 6.45) is -0.844. The highest BCUT2D eigenvalue weighted by molar-refractivity contribution is 7.10. The molecule has 0 spiro atoms. The van der Waals surface area contributed by atoms with Crippen LogP contribution in [0.15, 0.2) is 17.5 Å². The van der Waals surface area contributed by atoms with E-state index >= 15 is 0 Å². The van der Waals surface area contributed by atoms with Gasteiger partial charge < -0.3 is 9.84 Å². The fourth-order valence-electron chi connectivity index (χ4n) is 0.660. The molecule has 4 heteroatoms. The van der Waals surface area contributed by atoms with Crippen molar-refractivity contribution >= 4 is 17.5 Å². The number of thiophene rings is 1. The van der Waals surface area contributed by atoms with Gasteiger partial charge in [0.25, 0.3) is 0 Å². The van der Waals surface area contributed by atoms with Crippen molar-refractivity contribution in [3.05, 3.63) is 28.5 Å². The molecule has 11 heavy (non-hydrogen) atoms. The number of hydrogen-bond acceptors (Lipinski definition) is 3. The lowest BCUT2D eigenvalue weighted by Crippen LogP contribution is -2.04. The standard InChI is InChI=1S/C7H7O3S/c1-5(10-7(8)9)6-3-2-4-11-6/h2-4H,1H3,(H,8,9). The smallest absolute Gasteiger partial charge is 0.450 e. The van der Waals surface area contributed by atoms with E-state index in [2.05, 4.69) is 4.74 Å². The van der Waals surface area contributed by atoms with E-state index in [1.165, 1.54) is 11.3 Å². The van der Waals surface area contributed by atoms with Crippen LogP contribution in [-0.4, -0.2) is 11.3 Å². The van der Waals surface area contributed by atoms with Gasteiger partial charge in [0.05, 0.1) is 4.88 Å². The van der Waals surface area contributed by atoms with E-state index in [-0.39, 0.29) is 0 Å². The quantitative estimate of drug-likeness (QED) is 0.694. The maximum absolute atomic E-state index is 10.1. The Hall–Kier alpha value is -1.03. The van der Waals surface area contributed by atoms with Crippen molar-refractivity contribution in [1.82, 2.24) is 0 Å². The van der Waals surface area contributed by atoms with Crippen LogP contribution < -0.4 is 0 Å². The molecule has 0 aliphatic rings. The number of hydrogen-bond donors (Lipinski definition) is 1. The van der Waals surface area contributed by atoms with Crippen LogP contribution in [0.1, 0.15) is 11.8 Å². The van der Waals surface area contributed by atoms with Gasteiger partial charge in [0, 0.05) is 0 Å². The van der Waals surface area contributed by atoms with Gasteiger partial charge in [-0.05, 0) is 18.4 Å². The first-order valence-corrected chi connectivity index (χ1v) is 3.86. The third-order valence-electron chi connectivity index (χ3n) is 1.11. The van der Waals surface area contributed by atoms with Gasteiger partial charge in [-0.1, -0.05) is 6.07 Å². The summed E-state index contributed by atoms with van der Waals surface area (Å²) in [5.74, 6) is 0. The van der Waals surface area contributed by atoms with Crippen molar-refractivity contribution in [3.63, 3.8) is 0 Å². The van der Waals surface area contributed by atoms with Crippen LogP contribution in [0, 0.1) is 6.10 Å². The van der Waals surface area contributed by atoms with E-state index in [0.29, 0.717) is 6.10 Å². The zero-order chi connectivity index (χ0) is 8.27. The van der Waals surface area contributed by atoms with E-state index in [1.54, 1.807) is 6.92 Å². The van der Waals surface area contributed by atoms with Crippen molar-refractivity contribution in [2.75, 3.05) is 0 Å². The zero-order valence-electron chi connectivity index (χ0n) is 5.90. The highest BCUT2D eigenvalue weighted by Crippen LogP contribution is 2.20. The molecule has 1 aromatic rings. The molecule has 1 N–H and O–H groups in total. The predicted octanol–water partition coefficient (Wildman–Crippen LogP) is 2.34. The molecule has 0 saturated heterocycles. The normalized spacial score (nSPS) is 10.0. The molecule has 0 aromatic carbocycles. The van der Waals surface area contributed by atoms with E-state index in [0.717, 1.165) is 4.88 Å². The van der Waals surface area contributed by atoms with E-state index in [1.807, 2.05) is 17.5 Å². The van der Waals surface area contributed by atoms with Crippen molar-refractivity contribution in [2.24, 2.45) is 0 Å². The summed E-state index contributed by atoms with van der Waals surface area (Å²) in [4.78, 5) is 10.9. The summed E-state index contributed by atoms with van der Waals surface area (Å²) < 4.78 is 4.44. The maximum atomic E-state index is 10.1. The first-order chi connectivity index (χ1) is 5.20. The van der Waals surface area contributed by atoms with Crippen LogP contribution in [0.4, 0.5) is 4.79 Å². The Morgan fingerprint density at radius 2 is 2.45 bits per heavy atom. The molecular weight excluding hydrogens is 164 g/mol. The molecule has 1 rings (SSSR count). The molecule has 0 fully saturated rings. The Morgan fingerprint density at radius 3 is 2.91 bits per heavy atom. The first-order valence-electron chi connectivity index (χ1n) is 2.98. The summed E-state index contributed by atoms with van der Waals surface area (Å²) in [5, 5.41) is 10.1. The fraction of sp³-hybridized carbons (Fsp3) is 0.143. The minimum absolute atomic E-state index is 0.424. The summed E-state index contributed by atoms with van der Waals surface area (Å²) in [6.45, 7) is 1.62. The predicted molar refractivity (Wildman–Crippen MR) is 41.4 cm³/mol. The Bertz CT molecular complexity index is 230. The van der Waals surface area contributed by atoms with Crippen molar-refractivity contribution in [2.45, 2.75) is 6.92 Å². The highest BCUT2D eigenvalue weighted by atomic mass is 32.1. The first kappa shape index (κ1) is 8.07. The van der Waals surface area contributed by atoms with Crippen LogP contribution in [0.25, 0.3) is 0 Å². The second-order valence-electron chi connectivity index (χ2n) is 1.90. The van der Waals surface area contributed by atoms with Crippen LogP contribution >= 0.6 is 11.3 Å². The van der Waals surface area contributed by atoms with Crippen LogP contribution in [0.2, 0.25) is 0 Å². The van der Waals surface area contributed by atoms with Gasteiger partial charge in [-0.25, -0.2) is 4.79 Å². The molecule has 59 valence electrons. The lowest BCUT2D eigenvalue weighted by Gasteiger charge is -2.04. The van der Waals surface area contributed by atoms with Gasteiger partial charge in [-0.15, -0.1) is 11.3 Å². The second kappa shape index (κ2) is 3.39. The molecule has 1 radical (unpaired) electrons. The maximum Gasteiger partial charge on any atom is 0.506 e. The molecule has 3 nitrogen and oxygen atoms in total. The SMILES string of the molecule is C[C](OC(=O)O)c1cccs1. The lowest BCUT2D eigenvalue weighted by molar-refractivity contribution is 0.105. The molecule has 1 aromatic heterocycles. The number of carbonyl (C=O) groups is 1. The minimum atomic E-state index is -1.27. The van der Waals surface area contributed by atoms with Gasteiger partial charge >= 0.3 is 6.16 Å². The molecule has 0 atom stereocenters. The topological polar surface area (TPSA) is 46.5 Å². The number of ether oxygens (including phenoxy) is 1. The zero-order valence-corrected chi connectivity index (χ0v) is 6.72. The average molecular weight is 171 g/mol. The largest absolute Gasteiger partial charge is 0.506 e. The van der Waals surface area contributed by atoms with Gasteiger partial charge in [0.15, 0.2) is 6.10 Å². The summed E-state index contributed by atoms with van der Waals surface area (Å²) in [5.41, 5.74) is 0. The monoisotopic (exact) mass is 171 g/mol. The van der Waals surface area contributed by atoms with Crippen molar-refractivity contribution in [1.29, 1.82) is 0 Å². The molecule has 0 saturated carbocycles. The third-order valence-corrected chi connectivity index (χ3v) is 2.08. The Balaban J connectivity index is 2.56. The van der Waals surface area contributed by atoms with E-state index in [4.69, 9.17) is 5.11 Å². The summed E-state index contributed by atoms with van der Waals surface area (Å²) in [7, 11) is 0. The van der Waals surface area contributed by atoms with E-state index in [9.17, 15) is 4.79 Å². The van der Waals surface area contributed by atoms with Gasteiger partial charge in [-0.3, -0.25) is 0 Å².